The van der Waals surface area contributed by atoms with Gasteiger partial charge in [-0.05, 0) is 66.9 Å². The first-order valence-corrected chi connectivity index (χ1v) is 10.6. The molecule has 0 bridgehead atoms. The number of hydrazine groups is 1. The third-order valence-electron chi connectivity index (χ3n) is 4.91. The normalized spacial score (nSPS) is 12.2. The minimum absolute atomic E-state index is 0.0450. The summed E-state index contributed by atoms with van der Waals surface area (Å²) in [5.74, 6) is 0.225. The van der Waals surface area contributed by atoms with Gasteiger partial charge in [-0.15, -0.1) is 0 Å². The maximum absolute atomic E-state index is 12.3. The number of carbonyl (C=O) groups is 1. The second kappa shape index (κ2) is 9.40. The molecule has 0 saturated heterocycles. The standard InChI is InChI=1S/C24H27N3O4S/c1-14-12-21(28)31-20-13-17(8-11-19(14)20)25-23(32)27-26-22(29)15(2)30-18-9-6-16(7-10-18)24(3,4)5/h6-13,15H,1-5H3,(H,26,29)(H2,25,27,32)/t15-/m1/s1. The quantitative estimate of drug-likeness (QED) is 0.310. The van der Waals surface area contributed by atoms with Gasteiger partial charge in [0.05, 0.1) is 0 Å². The number of rotatable bonds is 4. The molecular formula is C24H27N3O4S. The number of hydrogen-bond donors (Lipinski definition) is 3. The summed E-state index contributed by atoms with van der Waals surface area (Å²) in [5.41, 5.74) is 7.88. The molecule has 0 aliphatic heterocycles. The van der Waals surface area contributed by atoms with Gasteiger partial charge >= 0.3 is 5.63 Å². The summed E-state index contributed by atoms with van der Waals surface area (Å²) in [6.45, 7) is 9.90. The summed E-state index contributed by atoms with van der Waals surface area (Å²) in [7, 11) is 0. The Morgan fingerprint density at radius 2 is 1.75 bits per heavy atom. The number of amides is 1. The monoisotopic (exact) mass is 453 g/mol. The molecule has 1 atom stereocenters. The fraction of sp³-hybridized carbons (Fsp3) is 0.292. The van der Waals surface area contributed by atoms with Crippen LogP contribution in [-0.4, -0.2) is 17.1 Å². The second-order valence-electron chi connectivity index (χ2n) is 8.56. The van der Waals surface area contributed by atoms with Crippen molar-refractivity contribution in [1.29, 1.82) is 0 Å². The Morgan fingerprint density at radius 3 is 2.41 bits per heavy atom. The number of hydrogen-bond acceptors (Lipinski definition) is 5. The third-order valence-corrected chi connectivity index (χ3v) is 5.12. The van der Waals surface area contributed by atoms with Gasteiger partial charge in [-0.1, -0.05) is 32.9 Å². The first-order chi connectivity index (χ1) is 15.0. The maximum Gasteiger partial charge on any atom is 0.336 e. The van der Waals surface area contributed by atoms with E-state index in [-0.39, 0.29) is 16.4 Å². The van der Waals surface area contributed by atoms with Crippen molar-refractivity contribution in [3.63, 3.8) is 0 Å². The van der Waals surface area contributed by atoms with Crippen LogP contribution in [0.25, 0.3) is 11.0 Å². The van der Waals surface area contributed by atoms with Crippen LogP contribution in [0.1, 0.15) is 38.8 Å². The van der Waals surface area contributed by atoms with Crippen molar-refractivity contribution in [1.82, 2.24) is 10.9 Å². The van der Waals surface area contributed by atoms with Crippen LogP contribution in [0.2, 0.25) is 0 Å². The predicted octanol–water partition coefficient (Wildman–Crippen LogP) is 4.18. The van der Waals surface area contributed by atoms with E-state index in [1.54, 1.807) is 19.1 Å². The van der Waals surface area contributed by atoms with Crippen molar-refractivity contribution >= 4 is 39.9 Å². The fourth-order valence-corrected chi connectivity index (χ4v) is 3.25. The van der Waals surface area contributed by atoms with Gasteiger partial charge in [0.15, 0.2) is 11.2 Å². The molecule has 1 heterocycles. The Kier molecular flexibility index (Phi) is 6.84. The highest BCUT2D eigenvalue weighted by Crippen LogP contribution is 2.24. The largest absolute Gasteiger partial charge is 0.481 e. The second-order valence-corrected chi connectivity index (χ2v) is 8.97. The number of fused-ring (bicyclic) bond motifs is 1. The zero-order valence-corrected chi connectivity index (χ0v) is 19.6. The summed E-state index contributed by atoms with van der Waals surface area (Å²) in [6.07, 6.45) is -0.733. The number of carbonyl (C=O) groups excluding carboxylic acids is 1. The predicted molar refractivity (Wildman–Crippen MR) is 130 cm³/mol. The molecule has 8 heteroatoms. The van der Waals surface area contributed by atoms with Gasteiger partial charge in [0.25, 0.3) is 5.91 Å². The SMILES string of the molecule is Cc1cc(=O)oc2cc(NC(=S)NNC(=O)[C@@H](C)Oc3ccc(C(C)(C)C)cc3)ccc12. The molecule has 32 heavy (non-hydrogen) atoms. The summed E-state index contributed by atoms with van der Waals surface area (Å²) >= 11 is 5.22. The first kappa shape index (κ1) is 23.3. The van der Waals surface area contributed by atoms with Crippen molar-refractivity contribution in [3.05, 3.63) is 70.1 Å². The molecule has 0 unspecified atom stereocenters. The van der Waals surface area contributed by atoms with Crippen molar-refractivity contribution in [3.8, 4) is 5.75 Å². The van der Waals surface area contributed by atoms with Gasteiger partial charge in [-0.3, -0.25) is 15.6 Å². The van der Waals surface area contributed by atoms with Crippen LogP contribution < -0.4 is 26.5 Å². The van der Waals surface area contributed by atoms with Crippen molar-refractivity contribution in [2.45, 2.75) is 46.1 Å². The zero-order valence-electron chi connectivity index (χ0n) is 18.7. The van der Waals surface area contributed by atoms with Gasteiger partial charge in [-0.2, -0.15) is 0 Å². The van der Waals surface area contributed by atoms with Gasteiger partial charge in [0.2, 0.25) is 0 Å². The Bertz CT molecular complexity index is 1200. The van der Waals surface area contributed by atoms with Crippen LogP contribution in [0.15, 0.2) is 57.7 Å². The number of thiocarbonyl (C=S) groups is 1. The average Bonchev–Trinajstić information content (AvgIpc) is 2.71. The van der Waals surface area contributed by atoms with E-state index in [0.29, 0.717) is 17.0 Å². The summed E-state index contributed by atoms with van der Waals surface area (Å²) in [4.78, 5) is 23.9. The molecule has 0 spiro atoms. The van der Waals surface area contributed by atoms with Crippen LogP contribution in [-0.2, 0) is 10.2 Å². The molecule has 0 saturated carbocycles. The van der Waals surface area contributed by atoms with Crippen molar-refractivity contribution in [2.24, 2.45) is 0 Å². The van der Waals surface area contributed by atoms with E-state index in [1.807, 2.05) is 37.3 Å². The molecule has 168 valence electrons. The van der Waals surface area contributed by atoms with E-state index in [4.69, 9.17) is 21.4 Å². The molecule has 1 amide bonds. The number of benzene rings is 2. The van der Waals surface area contributed by atoms with E-state index >= 15 is 0 Å². The minimum Gasteiger partial charge on any atom is -0.481 e. The molecule has 0 radical (unpaired) electrons. The van der Waals surface area contributed by atoms with Crippen LogP contribution in [0.4, 0.5) is 5.69 Å². The molecule has 7 nitrogen and oxygen atoms in total. The lowest BCUT2D eigenvalue weighted by atomic mass is 9.87. The molecule has 0 fully saturated rings. The van der Waals surface area contributed by atoms with E-state index in [0.717, 1.165) is 10.9 Å². The highest BCUT2D eigenvalue weighted by atomic mass is 32.1. The van der Waals surface area contributed by atoms with E-state index in [9.17, 15) is 9.59 Å². The van der Waals surface area contributed by atoms with E-state index in [2.05, 4.69) is 36.9 Å². The van der Waals surface area contributed by atoms with Crippen molar-refractivity contribution < 1.29 is 13.9 Å². The van der Waals surface area contributed by atoms with E-state index in [1.165, 1.54) is 11.6 Å². The molecule has 3 N–H and O–H groups in total. The molecule has 3 rings (SSSR count). The van der Waals surface area contributed by atoms with Crippen molar-refractivity contribution in [2.75, 3.05) is 5.32 Å². The average molecular weight is 454 g/mol. The van der Waals surface area contributed by atoms with E-state index < -0.39 is 11.7 Å². The molecular weight excluding hydrogens is 426 g/mol. The molecule has 2 aromatic carbocycles. The van der Waals surface area contributed by atoms with Crippen LogP contribution >= 0.6 is 12.2 Å². The molecule has 3 aromatic rings. The summed E-state index contributed by atoms with van der Waals surface area (Å²) < 4.78 is 10.9. The molecule has 1 aromatic heterocycles. The minimum atomic E-state index is -0.733. The Labute approximate surface area is 192 Å². The fourth-order valence-electron chi connectivity index (χ4n) is 3.08. The smallest absolute Gasteiger partial charge is 0.336 e. The lowest BCUT2D eigenvalue weighted by Gasteiger charge is -2.20. The third kappa shape index (κ3) is 5.85. The van der Waals surface area contributed by atoms with Gasteiger partial charge < -0.3 is 14.5 Å². The summed E-state index contributed by atoms with van der Waals surface area (Å²) in [6, 6.07) is 14.4. The van der Waals surface area contributed by atoms with Gasteiger partial charge in [-0.25, -0.2) is 4.79 Å². The van der Waals surface area contributed by atoms with Gasteiger partial charge in [0, 0.05) is 23.2 Å². The van der Waals surface area contributed by atoms with Crippen LogP contribution in [0.3, 0.4) is 0 Å². The maximum atomic E-state index is 12.3. The zero-order chi connectivity index (χ0) is 23.5. The van der Waals surface area contributed by atoms with Gasteiger partial charge in [0.1, 0.15) is 11.3 Å². The first-order valence-electron chi connectivity index (χ1n) is 10.2. The molecule has 0 aliphatic rings. The summed E-state index contributed by atoms with van der Waals surface area (Å²) in [5, 5.41) is 3.95. The number of aryl methyl sites for hydroxylation is 1. The Morgan fingerprint density at radius 1 is 1.06 bits per heavy atom. The molecule has 0 aliphatic carbocycles. The number of nitrogens with one attached hydrogen (secondary N) is 3. The highest BCUT2D eigenvalue weighted by Gasteiger charge is 2.17. The Balaban J connectivity index is 1.53. The Hall–Kier alpha value is -3.39. The van der Waals surface area contributed by atoms with Crippen LogP contribution in [0.5, 0.6) is 5.75 Å². The number of anilines is 1. The lowest BCUT2D eigenvalue weighted by Crippen LogP contribution is -2.48. The number of ether oxygens (including phenoxy) is 1. The topological polar surface area (TPSA) is 92.6 Å². The lowest BCUT2D eigenvalue weighted by molar-refractivity contribution is -0.127. The van der Waals surface area contributed by atoms with Crippen LogP contribution in [0, 0.1) is 6.92 Å². The highest BCUT2D eigenvalue weighted by molar-refractivity contribution is 7.80.